The minimum absolute atomic E-state index is 0.426. The van der Waals surface area contributed by atoms with Crippen LogP contribution in [-0.2, 0) is 0 Å². The quantitative estimate of drug-likeness (QED) is 0.838. The number of halogens is 1. The number of hydrogen-bond donors (Lipinski definition) is 0. The number of aryl methyl sites for hydroxylation is 2. The van der Waals surface area contributed by atoms with Gasteiger partial charge < -0.3 is 4.74 Å². The summed E-state index contributed by atoms with van der Waals surface area (Å²) >= 11 is 3.51. The highest BCUT2D eigenvalue weighted by molar-refractivity contribution is 9.10. The first-order valence-electron chi connectivity index (χ1n) is 5.41. The molecule has 1 aromatic heterocycles. The molecule has 0 spiro atoms. The Morgan fingerprint density at radius 1 is 1.22 bits per heavy atom. The number of nitrogens with zero attached hydrogens (tertiary/aromatic N) is 2. The van der Waals surface area contributed by atoms with Gasteiger partial charge in [0.15, 0.2) is 0 Å². The monoisotopic (exact) mass is 302 g/mol. The zero-order valence-corrected chi connectivity index (χ0v) is 11.7. The van der Waals surface area contributed by atoms with Crippen molar-refractivity contribution in [2.45, 2.75) is 13.8 Å². The van der Waals surface area contributed by atoms with Crippen molar-refractivity contribution in [3.8, 4) is 17.7 Å². The molecule has 0 aliphatic rings. The van der Waals surface area contributed by atoms with E-state index >= 15 is 0 Å². The molecule has 3 nitrogen and oxygen atoms in total. The first-order chi connectivity index (χ1) is 8.60. The molecule has 0 aliphatic heterocycles. The van der Waals surface area contributed by atoms with Crippen LogP contribution in [0, 0.1) is 25.2 Å². The van der Waals surface area contributed by atoms with E-state index in [1.165, 1.54) is 0 Å². The number of aromatic nitrogens is 1. The molecule has 0 bridgehead atoms. The van der Waals surface area contributed by atoms with E-state index in [4.69, 9.17) is 10.00 Å². The predicted molar refractivity (Wildman–Crippen MR) is 72.6 cm³/mol. The number of benzene rings is 1. The summed E-state index contributed by atoms with van der Waals surface area (Å²) in [6.07, 6.45) is 1.56. The summed E-state index contributed by atoms with van der Waals surface area (Å²) in [6, 6.07) is 9.18. The Morgan fingerprint density at radius 3 is 2.50 bits per heavy atom. The predicted octanol–water partition coefficient (Wildman–Crippen LogP) is 4.12. The number of ether oxygens (including phenoxy) is 1. The lowest BCUT2D eigenvalue weighted by Crippen LogP contribution is -1.91. The molecule has 1 aromatic carbocycles. The fourth-order valence-electron chi connectivity index (χ4n) is 1.62. The molecule has 2 rings (SSSR count). The normalized spacial score (nSPS) is 9.89. The lowest BCUT2D eigenvalue weighted by molar-refractivity contribution is 0.462. The summed E-state index contributed by atoms with van der Waals surface area (Å²) in [5.74, 6) is 1.14. The largest absolute Gasteiger partial charge is 0.439 e. The van der Waals surface area contributed by atoms with Gasteiger partial charge in [0, 0.05) is 16.7 Å². The van der Waals surface area contributed by atoms with Gasteiger partial charge in [-0.05, 0) is 43.2 Å². The average molecular weight is 303 g/mol. The molecule has 0 atom stereocenters. The molecule has 0 N–H and O–H groups in total. The van der Waals surface area contributed by atoms with Crippen LogP contribution in [0.4, 0.5) is 0 Å². The molecular weight excluding hydrogens is 292 g/mol. The highest BCUT2D eigenvalue weighted by Gasteiger charge is 2.05. The van der Waals surface area contributed by atoms with Gasteiger partial charge >= 0.3 is 0 Å². The Morgan fingerprint density at radius 2 is 1.89 bits per heavy atom. The minimum atomic E-state index is 0.426. The van der Waals surface area contributed by atoms with Gasteiger partial charge in [-0.15, -0.1) is 0 Å². The van der Waals surface area contributed by atoms with Gasteiger partial charge in [-0.3, -0.25) is 0 Å². The highest BCUT2D eigenvalue weighted by Crippen LogP contribution is 2.28. The second-order valence-electron chi connectivity index (χ2n) is 3.97. The molecule has 18 heavy (non-hydrogen) atoms. The molecule has 0 fully saturated rings. The van der Waals surface area contributed by atoms with E-state index < -0.39 is 0 Å². The van der Waals surface area contributed by atoms with Crippen molar-refractivity contribution in [2.75, 3.05) is 0 Å². The van der Waals surface area contributed by atoms with Crippen molar-refractivity contribution < 1.29 is 4.74 Å². The molecule has 0 aliphatic carbocycles. The second kappa shape index (κ2) is 5.19. The SMILES string of the molecule is Cc1cc(Oc2cc(C#N)ccn2)cc(C)c1Br. The van der Waals surface area contributed by atoms with Crippen molar-refractivity contribution >= 4 is 15.9 Å². The van der Waals surface area contributed by atoms with Crippen molar-refractivity contribution in [2.24, 2.45) is 0 Å². The molecule has 0 unspecified atom stereocenters. The number of hydrogen-bond acceptors (Lipinski definition) is 3. The van der Waals surface area contributed by atoms with Crippen LogP contribution >= 0.6 is 15.9 Å². The third-order valence-corrected chi connectivity index (χ3v) is 3.75. The first kappa shape index (κ1) is 12.6. The molecular formula is C14H11BrN2O. The van der Waals surface area contributed by atoms with Gasteiger partial charge in [-0.1, -0.05) is 15.9 Å². The van der Waals surface area contributed by atoms with Crippen LogP contribution < -0.4 is 4.74 Å². The Bertz CT molecular complexity index is 609. The van der Waals surface area contributed by atoms with Crippen molar-refractivity contribution in [1.82, 2.24) is 4.98 Å². The third kappa shape index (κ3) is 2.69. The fraction of sp³-hybridized carbons (Fsp3) is 0.143. The molecule has 2 aromatic rings. The summed E-state index contributed by atoms with van der Waals surface area (Å²) in [5, 5.41) is 8.81. The number of pyridine rings is 1. The van der Waals surface area contributed by atoms with Gasteiger partial charge in [-0.2, -0.15) is 5.26 Å². The molecule has 90 valence electrons. The zero-order valence-electron chi connectivity index (χ0n) is 10.1. The Hall–Kier alpha value is -1.86. The van der Waals surface area contributed by atoms with Crippen LogP contribution in [0.2, 0.25) is 0 Å². The maximum Gasteiger partial charge on any atom is 0.220 e. The lowest BCUT2D eigenvalue weighted by Gasteiger charge is -2.09. The average Bonchev–Trinajstić information content (AvgIpc) is 2.36. The molecule has 1 heterocycles. The second-order valence-corrected chi connectivity index (χ2v) is 4.76. The van der Waals surface area contributed by atoms with Crippen molar-refractivity contribution in [3.05, 3.63) is 51.6 Å². The topological polar surface area (TPSA) is 45.9 Å². The van der Waals surface area contributed by atoms with Gasteiger partial charge in [0.1, 0.15) is 5.75 Å². The van der Waals surface area contributed by atoms with E-state index in [2.05, 4.69) is 27.0 Å². The summed E-state index contributed by atoms with van der Waals surface area (Å²) in [7, 11) is 0. The summed E-state index contributed by atoms with van der Waals surface area (Å²) in [6.45, 7) is 4.01. The van der Waals surface area contributed by atoms with E-state index in [9.17, 15) is 0 Å². The van der Waals surface area contributed by atoms with Gasteiger partial charge in [-0.25, -0.2) is 4.98 Å². The molecule has 0 saturated heterocycles. The van der Waals surface area contributed by atoms with Crippen LogP contribution in [0.15, 0.2) is 34.9 Å². The van der Waals surface area contributed by atoms with Crippen LogP contribution in [0.1, 0.15) is 16.7 Å². The maximum atomic E-state index is 8.81. The van der Waals surface area contributed by atoms with Crippen LogP contribution in [0.25, 0.3) is 0 Å². The number of nitriles is 1. The zero-order chi connectivity index (χ0) is 13.1. The first-order valence-corrected chi connectivity index (χ1v) is 6.20. The summed E-state index contributed by atoms with van der Waals surface area (Å²) in [5.41, 5.74) is 2.73. The van der Waals surface area contributed by atoms with Gasteiger partial charge in [0.2, 0.25) is 5.88 Å². The molecule has 4 heteroatoms. The Balaban J connectivity index is 2.32. The van der Waals surface area contributed by atoms with E-state index in [1.54, 1.807) is 18.3 Å². The van der Waals surface area contributed by atoms with Gasteiger partial charge in [0.25, 0.3) is 0 Å². The summed E-state index contributed by atoms with van der Waals surface area (Å²) in [4.78, 5) is 4.08. The summed E-state index contributed by atoms with van der Waals surface area (Å²) < 4.78 is 6.73. The third-order valence-electron chi connectivity index (χ3n) is 2.50. The van der Waals surface area contributed by atoms with Crippen molar-refractivity contribution in [1.29, 1.82) is 5.26 Å². The van der Waals surface area contributed by atoms with Crippen LogP contribution in [0.5, 0.6) is 11.6 Å². The van der Waals surface area contributed by atoms with E-state index in [1.807, 2.05) is 26.0 Å². The van der Waals surface area contributed by atoms with Gasteiger partial charge in [0.05, 0.1) is 11.6 Å². The van der Waals surface area contributed by atoms with Crippen molar-refractivity contribution in [3.63, 3.8) is 0 Å². The lowest BCUT2D eigenvalue weighted by atomic mass is 10.1. The fourth-order valence-corrected chi connectivity index (χ4v) is 1.85. The smallest absolute Gasteiger partial charge is 0.220 e. The molecule has 0 radical (unpaired) electrons. The maximum absolute atomic E-state index is 8.81. The van der Waals surface area contributed by atoms with E-state index in [0.717, 1.165) is 21.3 Å². The Kier molecular flexibility index (Phi) is 3.63. The molecule has 0 amide bonds. The molecule has 0 saturated carbocycles. The highest BCUT2D eigenvalue weighted by atomic mass is 79.9. The van der Waals surface area contributed by atoms with Crippen LogP contribution in [-0.4, -0.2) is 4.98 Å². The standard InChI is InChI=1S/C14H11BrN2O/c1-9-5-12(6-10(2)14(9)15)18-13-7-11(8-16)3-4-17-13/h3-7H,1-2H3. The Labute approximate surface area is 114 Å². The van der Waals surface area contributed by atoms with E-state index in [-0.39, 0.29) is 0 Å². The van der Waals surface area contributed by atoms with E-state index in [0.29, 0.717) is 11.4 Å². The van der Waals surface area contributed by atoms with Crippen LogP contribution in [0.3, 0.4) is 0 Å². The number of rotatable bonds is 2. The minimum Gasteiger partial charge on any atom is -0.439 e.